The van der Waals surface area contributed by atoms with E-state index in [0.29, 0.717) is 6.79 Å². The highest BCUT2D eigenvalue weighted by Crippen LogP contribution is 2.32. The summed E-state index contributed by atoms with van der Waals surface area (Å²) in [4.78, 5) is 4.59. The molecule has 1 aromatic carbocycles. The lowest BCUT2D eigenvalue weighted by Gasteiger charge is -2.33. The zero-order valence-corrected chi connectivity index (χ0v) is 11.3. The highest BCUT2D eigenvalue weighted by Gasteiger charge is 2.17. The van der Waals surface area contributed by atoms with E-state index in [9.17, 15) is 0 Å². The van der Waals surface area contributed by atoms with Gasteiger partial charge in [-0.3, -0.25) is 4.90 Å². The Morgan fingerprint density at radius 3 is 2.75 bits per heavy atom. The molecule has 2 aliphatic rings. The van der Waals surface area contributed by atoms with Gasteiger partial charge in [-0.25, -0.2) is 0 Å². The molecular formula is C15H17N3O2. The van der Waals surface area contributed by atoms with Crippen LogP contribution in [0.5, 0.6) is 11.5 Å². The first-order chi connectivity index (χ1) is 9.85. The smallest absolute Gasteiger partial charge is 0.231 e. The molecule has 5 heteroatoms. The highest BCUT2D eigenvalue weighted by molar-refractivity contribution is 5.44. The van der Waals surface area contributed by atoms with Crippen molar-refractivity contribution in [1.29, 1.82) is 5.26 Å². The molecule has 20 heavy (non-hydrogen) atoms. The Kier molecular flexibility index (Phi) is 3.75. The molecule has 0 aromatic heterocycles. The van der Waals surface area contributed by atoms with E-state index >= 15 is 0 Å². The second kappa shape index (κ2) is 5.85. The third-order valence-electron chi connectivity index (χ3n) is 3.61. The largest absolute Gasteiger partial charge is 0.454 e. The summed E-state index contributed by atoms with van der Waals surface area (Å²) in [5.74, 6) is 1.68. The number of ether oxygens (including phenoxy) is 2. The van der Waals surface area contributed by atoms with Crippen LogP contribution in [-0.4, -0.2) is 42.8 Å². The second-order valence-electron chi connectivity index (χ2n) is 4.94. The van der Waals surface area contributed by atoms with E-state index in [4.69, 9.17) is 14.7 Å². The average molecular weight is 271 g/mol. The Morgan fingerprint density at radius 2 is 1.95 bits per heavy atom. The standard InChI is InChI=1S/C15H17N3O2/c16-4-1-5-17-6-8-18(9-7-17)11-13-2-3-14-15(10-13)20-12-19-14/h1-3,5,10H,6-9,11-12H2. The van der Waals surface area contributed by atoms with Gasteiger partial charge in [-0.05, 0) is 17.7 Å². The normalized spacial score (nSPS) is 18.4. The first kappa shape index (κ1) is 12.8. The lowest BCUT2D eigenvalue weighted by atomic mass is 10.1. The topological polar surface area (TPSA) is 48.7 Å². The number of piperazine rings is 1. The van der Waals surface area contributed by atoms with Crippen molar-refractivity contribution in [3.8, 4) is 17.6 Å². The van der Waals surface area contributed by atoms with Gasteiger partial charge in [0.1, 0.15) is 0 Å². The summed E-state index contributed by atoms with van der Waals surface area (Å²) < 4.78 is 10.7. The molecule has 2 aliphatic heterocycles. The van der Waals surface area contributed by atoms with E-state index in [1.807, 2.05) is 18.3 Å². The molecule has 1 fully saturated rings. The van der Waals surface area contributed by atoms with E-state index in [0.717, 1.165) is 44.2 Å². The predicted octanol–water partition coefficient (Wildman–Crippen LogP) is 1.57. The molecule has 0 amide bonds. The summed E-state index contributed by atoms with van der Waals surface area (Å²) in [6.45, 7) is 5.18. The van der Waals surface area contributed by atoms with Crippen LogP contribution in [0, 0.1) is 11.3 Å². The monoisotopic (exact) mass is 271 g/mol. The molecule has 1 aromatic rings. The van der Waals surface area contributed by atoms with Gasteiger partial charge in [0, 0.05) is 45.0 Å². The van der Waals surface area contributed by atoms with Crippen LogP contribution in [0.4, 0.5) is 0 Å². The zero-order chi connectivity index (χ0) is 13.8. The Balaban J connectivity index is 1.55. The fourth-order valence-electron chi connectivity index (χ4n) is 2.51. The van der Waals surface area contributed by atoms with Crippen LogP contribution in [0.1, 0.15) is 5.56 Å². The van der Waals surface area contributed by atoms with Crippen LogP contribution < -0.4 is 9.47 Å². The predicted molar refractivity (Wildman–Crippen MR) is 74.2 cm³/mol. The lowest BCUT2D eigenvalue weighted by Crippen LogP contribution is -2.43. The number of rotatable bonds is 3. The number of hydrogen-bond acceptors (Lipinski definition) is 5. The number of nitriles is 1. The molecule has 1 saturated heterocycles. The van der Waals surface area contributed by atoms with Gasteiger partial charge in [0.2, 0.25) is 6.79 Å². The molecule has 0 radical (unpaired) electrons. The Bertz CT molecular complexity index is 543. The average Bonchev–Trinajstić information content (AvgIpc) is 2.94. The summed E-state index contributed by atoms with van der Waals surface area (Å²) in [6, 6.07) is 8.16. The van der Waals surface area contributed by atoms with E-state index in [1.165, 1.54) is 11.6 Å². The number of fused-ring (bicyclic) bond motifs is 1. The van der Waals surface area contributed by atoms with Crippen LogP contribution in [0.25, 0.3) is 0 Å². The summed E-state index contributed by atoms with van der Waals surface area (Å²) in [5, 5.41) is 8.52. The molecular weight excluding hydrogens is 254 g/mol. The molecule has 0 spiro atoms. The van der Waals surface area contributed by atoms with Crippen LogP contribution in [0.2, 0.25) is 0 Å². The van der Waals surface area contributed by atoms with Crippen molar-refractivity contribution in [2.75, 3.05) is 33.0 Å². The number of allylic oxidation sites excluding steroid dienone is 1. The fraction of sp³-hybridized carbons (Fsp3) is 0.400. The van der Waals surface area contributed by atoms with Gasteiger partial charge in [0.05, 0.1) is 6.07 Å². The van der Waals surface area contributed by atoms with E-state index in [-0.39, 0.29) is 0 Å². The Labute approximate surface area is 118 Å². The zero-order valence-electron chi connectivity index (χ0n) is 11.3. The van der Waals surface area contributed by atoms with Crippen LogP contribution in [0.3, 0.4) is 0 Å². The van der Waals surface area contributed by atoms with Gasteiger partial charge in [-0.1, -0.05) is 6.07 Å². The van der Waals surface area contributed by atoms with Crippen LogP contribution in [-0.2, 0) is 6.54 Å². The number of benzene rings is 1. The molecule has 104 valence electrons. The molecule has 2 heterocycles. The Morgan fingerprint density at radius 1 is 1.15 bits per heavy atom. The summed E-state index contributed by atoms with van der Waals surface area (Å²) >= 11 is 0. The van der Waals surface area contributed by atoms with Gasteiger partial charge in [0.15, 0.2) is 11.5 Å². The highest BCUT2D eigenvalue weighted by atomic mass is 16.7. The molecule has 0 bridgehead atoms. The van der Waals surface area contributed by atoms with Crippen molar-refractivity contribution in [2.24, 2.45) is 0 Å². The molecule has 0 N–H and O–H groups in total. The third kappa shape index (κ3) is 2.86. The first-order valence-corrected chi connectivity index (χ1v) is 6.76. The molecule has 3 rings (SSSR count). The fourth-order valence-corrected chi connectivity index (χ4v) is 2.51. The van der Waals surface area contributed by atoms with Crippen molar-refractivity contribution >= 4 is 0 Å². The SMILES string of the molecule is N#CC=CN1CCN(Cc2ccc3c(c2)OCO3)CC1. The molecule has 0 saturated carbocycles. The minimum Gasteiger partial charge on any atom is -0.454 e. The van der Waals surface area contributed by atoms with E-state index in [1.54, 1.807) is 0 Å². The van der Waals surface area contributed by atoms with Crippen molar-refractivity contribution in [3.63, 3.8) is 0 Å². The maximum Gasteiger partial charge on any atom is 0.231 e. The Hall–Kier alpha value is -2.19. The van der Waals surface area contributed by atoms with Gasteiger partial charge < -0.3 is 14.4 Å². The quantitative estimate of drug-likeness (QED) is 0.781. The minimum absolute atomic E-state index is 0.322. The van der Waals surface area contributed by atoms with Crippen LogP contribution >= 0.6 is 0 Å². The first-order valence-electron chi connectivity index (χ1n) is 6.76. The maximum absolute atomic E-state index is 8.52. The van der Waals surface area contributed by atoms with E-state index < -0.39 is 0 Å². The number of hydrogen-bond donors (Lipinski definition) is 0. The van der Waals surface area contributed by atoms with E-state index in [2.05, 4.69) is 21.9 Å². The van der Waals surface area contributed by atoms with Gasteiger partial charge in [-0.2, -0.15) is 5.26 Å². The molecule has 5 nitrogen and oxygen atoms in total. The molecule has 0 atom stereocenters. The molecule has 0 unspecified atom stereocenters. The van der Waals surface area contributed by atoms with Crippen molar-refractivity contribution in [2.45, 2.75) is 6.54 Å². The summed E-state index contributed by atoms with van der Waals surface area (Å²) in [7, 11) is 0. The minimum atomic E-state index is 0.322. The molecule has 0 aliphatic carbocycles. The van der Waals surface area contributed by atoms with Crippen molar-refractivity contribution in [1.82, 2.24) is 9.80 Å². The second-order valence-corrected chi connectivity index (χ2v) is 4.94. The van der Waals surface area contributed by atoms with Gasteiger partial charge in [-0.15, -0.1) is 0 Å². The van der Waals surface area contributed by atoms with Gasteiger partial charge >= 0.3 is 0 Å². The van der Waals surface area contributed by atoms with Gasteiger partial charge in [0.25, 0.3) is 0 Å². The number of nitrogens with zero attached hydrogens (tertiary/aromatic N) is 3. The van der Waals surface area contributed by atoms with Crippen molar-refractivity contribution in [3.05, 3.63) is 36.0 Å². The summed E-state index contributed by atoms with van der Waals surface area (Å²) in [6.07, 6.45) is 3.41. The van der Waals surface area contributed by atoms with Crippen LogP contribution in [0.15, 0.2) is 30.5 Å². The third-order valence-corrected chi connectivity index (χ3v) is 3.61. The summed E-state index contributed by atoms with van der Waals surface area (Å²) in [5.41, 5.74) is 1.25. The van der Waals surface area contributed by atoms with Crippen molar-refractivity contribution < 1.29 is 9.47 Å². The maximum atomic E-state index is 8.52. The lowest BCUT2D eigenvalue weighted by molar-refractivity contribution is 0.162.